The summed E-state index contributed by atoms with van der Waals surface area (Å²) in [4.78, 5) is 7.82. The predicted molar refractivity (Wildman–Crippen MR) is 52.6 cm³/mol. The zero-order valence-electron chi connectivity index (χ0n) is 8.35. The van der Waals surface area contributed by atoms with Crippen LogP contribution in [0.4, 0.5) is 0 Å². The molecule has 1 aliphatic carbocycles. The minimum atomic E-state index is 0.760. The maximum atomic E-state index is 4.51. The molecule has 0 amide bonds. The van der Waals surface area contributed by atoms with Crippen molar-refractivity contribution >= 4 is 0 Å². The van der Waals surface area contributed by atoms with Gasteiger partial charge in [0.25, 0.3) is 0 Å². The van der Waals surface area contributed by atoms with Gasteiger partial charge in [-0.15, -0.1) is 0 Å². The van der Waals surface area contributed by atoms with Gasteiger partial charge >= 0.3 is 0 Å². The van der Waals surface area contributed by atoms with Crippen LogP contribution in [0.5, 0.6) is 0 Å². The van der Waals surface area contributed by atoms with Crippen LogP contribution in [-0.2, 0) is 13.0 Å². The van der Waals surface area contributed by atoms with E-state index in [1.165, 1.54) is 24.2 Å². The fourth-order valence-corrected chi connectivity index (χ4v) is 1.52. The van der Waals surface area contributed by atoms with Crippen molar-refractivity contribution < 1.29 is 0 Å². The van der Waals surface area contributed by atoms with E-state index in [2.05, 4.69) is 29.1 Å². The number of nitrogens with one attached hydrogen (secondary N) is 2. The Morgan fingerprint density at radius 1 is 1.54 bits per heavy atom. The molecule has 0 aromatic carbocycles. The number of imidazole rings is 1. The van der Waals surface area contributed by atoms with Gasteiger partial charge < -0.3 is 10.3 Å². The van der Waals surface area contributed by atoms with Crippen molar-refractivity contribution in [2.45, 2.75) is 45.7 Å². The molecule has 0 atom stereocenters. The highest BCUT2D eigenvalue weighted by Crippen LogP contribution is 2.19. The summed E-state index contributed by atoms with van der Waals surface area (Å²) in [5, 5.41) is 3.44. The third-order valence-electron chi connectivity index (χ3n) is 2.51. The summed E-state index contributed by atoms with van der Waals surface area (Å²) in [6.45, 7) is 5.12. The first-order chi connectivity index (χ1) is 6.29. The molecule has 1 aliphatic rings. The van der Waals surface area contributed by atoms with E-state index in [0.717, 1.165) is 24.8 Å². The molecule has 0 unspecified atom stereocenters. The van der Waals surface area contributed by atoms with Crippen molar-refractivity contribution in [2.75, 3.05) is 0 Å². The molecule has 72 valence electrons. The number of aromatic amines is 1. The Bertz CT molecular complexity index is 286. The van der Waals surface area contributed by atoms with Crippen LogP contribution in [0.25, 0.3) is 0 Å². The first-order valence-corrected chi connectivity index (χ1v) is 5.07. The Hall–Kier alpha value is -0.830. The van der Waals surface area contributed by atoms with E-state index >= 15 is 0 Å². The van der Waals surface area contributed by atoms with Gasteiger partial charge in [-0.3, -0.25) is 0 Å². The normalized spacial score (nSPS) is 16.5. The maximum Gasteiger partial charge on any atom is 0.120 e. The molecule has 1 heterocycles. The Kier molecular flexibility index (Phi) is 2.36. The zero-order valence-corrected chi connectivity index (χ0v) is 8.35. The van der Waals surface area contributed by atoms with Gasteiger partial charge in [-0.25, -0.2) is 4.98 Å². The number of H-pyrrole nitrogens is 1. The van der Waals surface area contributed by atoms with Crippen LogP contribution in [0.2, 0.25) is 0 Å². The van der Waals surface area contributed by atoms with Crippen molar-refractivity contribution in [3.05, 3.63) is 17.2 Å². The molecule has 2 N–H and O–H groups in total. The smallest absolute Gasteiger partial charge is 0.120 e. The van der Waals surface area contributed by atoms with E-state index < -0.39 is 0 Å². The highest BCUT2D eigenvalue weighted by Gasteiger charge is 2.20. The summed E-state index contributed by atoms with van der Waals surface area (Å²) in [6.07, 6.45) is 3.69. The molecule has 0 saturated heterocycles. The Labute approximate surface area is 79.0 Å². The zero-order chi connectivity index (χ0) is 9.26. The molecule has 0 radical (unpaired) electrons. The molecule has 2 rings (SSSR count). The molecule has 3 nitrogen and oxygen atoms in total. The number of nitrogens with zero attached hydrogens (tertiary/aromatic N) is 1. The highest BCUT2D eigenvalue weighted by atomic mass is 15.0. The Balaban J connectivity index is 1.94. The molecule has 1 aromatic heterocycles. The summed E-state index contributed by atoms with van der Waals surface area (Å²) in [6, 6.07) is 0.760. The van der Waals surface area contributed by atoms with Crippen LogP contribution >= 0.6 is 0 Å². The monoisotopic (exact) mass is 179 g/mol. The first kappa shape index (κ1) is 8.75. The van der Waals surface area contributed by atoms with Crippen molar-refractivity contribution in [2.24, 2.45) is 0 Å². The molecular formula is C10H17N3. The SMILES string of the molecule is CCc1nc(CNC2CC2)[nH]c1C. The van der Waals surface area contributed by atoms with E-state index in [9.17, 15) is 0 Å². The average molecular weight is 179 g/mol. The summed E-state index contributed by atoms with van der Waals surface area (Å²) in [5.41, 5.74) is 2.42. The predicted octanol–water partition coefficient (Wildman–Crippen LogP) is 1.53. The fraction of sp³-hybridized carbons (Fsp3) is 0.700. The molecular weight excluding hydrogens is 162 g/mol. The van der Waals surface area contributed by atoms with Gasteiger partial charge in [0.15, 0.2) is 0 Å². The quantitative estimate of drug-likeness (QED) is 0.736. The lowest BCUT2D eigenvalue weighted by Gasteiger charge is -1.97. The van der Waals surface area contributed by atoms with Crippen LogP contribution in [-0.4, -0.2) is 16.0 Å². The lowest BCUT2D eigenvalue weighted by molar-refractivity contribution is 0.662. The van der Waals surface area contributed by atoms with E-state index in [1.54, 1.807) is 0 Å². The summed E-state index contributed by atoms with van der Waals surface area (Å²) < 4.78 is 0. The third-order valence-corrected chi connectivity index (χ3v) is 2.51. The molecule has 0 aliphatic heterocycles. The van der Waals surface area contributed by atoms with Gasteiger partial charge in [-0.05, 0) is 26.2 Å². The highest BCUT2D eigenvalue weighted by molar-refractivity contribution is 5.12. The van der Waals surface area contributed by atoms with Gasteiger partial charge in [0.05, 0.1) is 12.2 Å². The number of aromatic nitrogens is 2. The molecule has 0 spiro atoms. The summed E-state index contributed by atoms with van der Waals surface area (Å²) >= 11 is 0. The first-order valence-electron chi connectivity index (χ1n) is 5.07. The van der Waals surface area contributed by atoms with Crippen molar-refractivity contribution in [1.29, 1.82) is 0 Å². The van der Waals surface area contributed by atoms with Crippen LogP contribution in [0.15, 0.2) is 0 Å². The van der Waals surface area contributed by atoms with E-state index in [1.807, 2.05) is 0 Å². The summed E-state index contributed by atoms with van der Waals surface area (Å²) in [5.74, 6) is 1.08. The minimum absolute atomic E-state index is 0.760. The number of aryl methyl sites for hydroxylation is 2. The van der Waals surface area contributed by atoms with Crippen molar-refractivity contribution in [3.63, 3.8) is 0 Å². The van der Waals surface area contributed by atoms with Crippen molar-refractivity contribution in [1.82, 2.24) is 15.3 Å². The van der Waals surface area contributed by atoms with E-state index in [0.29, 0.717) is 0 Å². The third kappa shape index (κ3) is 2.10. The van der Waals surface area contributed by atoms with Crippen molar-refractivity contribution in [3.8, 4) is 0 Å². The molecule has 0 bridgehead atoms. The van der Waals surface area contributed by atoms with Gasteiger partial charge in [0, 0.05) is 11.7 Å². The second kappa shape index (κ2) is 3.50. The summed E-state index contributed by atoms with van der Waals surface area (Å²) in [7, 11) is 0. The molecule has 3 heteroatoms. The van der Waals surface area contributed by atoms with Crippen LogP contribution in [0.3, 0.4) is 0 Å². The van der Waals surface area contributed by atoms with Crippen LogP contribution in [0.1, 0.15) is 37.0 Å². The topological polar surface area (TPSA) is 40.7 Å². The average Bonchev–Trinajstić information content (AvgIpc) is 2.87. The Morgan fingerprint density at radius 3 is 2.85 bits per heavy atom. The molecule has 1 saturated carbocycles. The lowest BCUT2D eigenvalue weighted by Crippen LogP contribution is -2.16. The molecule has 1 aromatic rings. The van der Waals surface area contributed by atoms with Gasteiger partial charge in [0.1, 0.15) is 5.82 Å². The number of hydrogen-bond acceptors (Lipinski definition) is 2. The molecule has 13 heavy (non-hydrogen) atoms. The number of hydrogen-bond donors (Lipinski definition) is 2. The molecule has 1 fully saturated rings. The van der Waals surface area contributed by atoms with Crippen LogP contribution < -0.4 is 5.32 Å². The van der Waals surface area contributed by atoms with E-state index in [-0.39, 0.29) is 0 Å². The van der Waals surface area contributed by atoms with Gasteiger partial charge in [-0.1, -0.05) is 6.92 Å². The van der Waals surface area contributed by atoms with Gasteiger partial charge in [-0.2, -0.15) is 0 Å². The number of rotatable bonds is 4. The second-order valence-corrected chi connectivity index (χ2v) is 3.76. The minimum Gasteiger partial charge on any atom is -0.345 e. The standard InChI is InChI=1S/C10H17N3/c1-3-9-7(2)12-10(13-9)6-11-8-4-5-8/h8,11H,3-6H2,1-2H3,(H,12,13). The van der Waals surface area contributed by atoms with Crippen LogP contribution in [0, 0.1) is 6.92 Å². The lowest BCUT2D eigenvalue weighted by atomic mass is 10.3. The van der Waals surface area contributed by atoms with Gasteiger partial charge in [0.2, 0.25) is 0 Å². The second-order valence-electron chi connectivity index (χ2n) is 3.76. The largest absolute Gasteiger partial charge is 0.345 e. The van der Waals surface area contributed by atoms with E-state index in [4.69, 9.17) is 0 Å². The Morgan fingerprint density at radius 2 is 2.31 bits per heavy atom. The fourth-order valence-electron chi connectivity index (χ4n) is 1.52. The maximum absolute atomic E-state index is 4.51.